The fraction of sp³-hybridized carbons (Fsp3) is 0.632. The number of nitrogens with two attached hydrogens (primary N) is 2. The Labute approximate surface area is 194 Å². The molecular formula is C19H31N5O10. The Morgan fingerprint density at radius 2 is 1.21 bits per heavy atom. The minimum atomic E-state index is -1.72. The lowest BCUT2D eigenvalue weighted by molar-refractivity contribution is -0.144. The quantitative estimate of drug-likeness (QED) is 0.109. The summed E-state index contributed by atoms with van der Waals surface area (Å²) in [6, 6.07) is -6.05. The van der Waals surface area contributed by atoms with Gasteiger partial charge in [0.25, 0.3) is 0 Å². The molecule has 0 fully saturated rings. The van der Waals surface area contributed by atoms with Crippen LogP contribution in [0.4, 0.5) is 0 Å². The third-order valence-electron chi connectivity index (χ3n) is 4.38. The Morgan fingerprint density at radius 1 is 0.735 bits per heavy atom. The van der Waals surface area contributed by atoms with Crippen molar-refractivity contribution >= 4 is 41.5 Å². The van der Waals surface area contributed by atoms with E-state index in [1.165, 1.54) is 0 Å². The molecule has 34 heavy (non-hydrogen) atoms. The Kier molecular flexibility index (Phi) is 12.8. The highest BCUT2D eigenvalue weighted by Crippen LogP contribution is 2.08. The van der Waals surface area contributed by atoms with Crippen molar-refractivity contribution in [1.82, 2.24) is 16.0 Å². The second kappa shape index (κ2) is 14.4. The Balaban J connectivity index is 5.54. The first-order chi connectivity index (χ1) is 15.6. The summed E-state index contributed by atoms with van der Waals surface area (Å²) in [5, 5.41) is 33.6. The first kappa shape index (κ1) is 30.2. The lowest BCUT2D eigenvalue weighted by atomic mass is 10.0. The van der Waals surface area contributed by atoms with Crippen LogP contribution in [0.15, 0.2) is 0 Å². The maximum absolute atomic E-state index is 12.8. The summed E-state index contributed by atoms with van der Waals surface area (Å²) in [6.45, 7) is 3.42. The Morgan fingerprint density at radius 3 is 1.65 bits per heavy atom. The molecule has 0 spiro atoms. The molecule has 0 aromatic rings. The number of carbonyl (C=O) groups excluding carboxylic acids is 4. The van der Waals surface area contributed by atoms with E-state index in [4.69, 9.17) is 21.7 Å². The SMILES string of the molecule is CC(C)CC(NC(=O)C(N)CC(=O)O)C(=O)NC(CC(=O)O)C(=O)NC(CCC(N)=O)C(=O)O. The lowest BCUT2D eigenvalue weighted by Gasteiger charge is -2.25. The molecule has 192 valence electrons. The van der Waals surface area contributed by atoms with Gasteiger partial charge in [-0.1, -0.05) is 13.8 Å². The molecule has 0 radical (unpaired) electrons. The van der Waals surface area contributed by atoms with Gasteiger partial charge in [-0.05, 0) is 18.8 Å². The van der Waals surface area contributed by atoms with Crippen molar-refractivity contribution in [2.75, 3.05) is 0 Å². The highest BCUT2D eigenvalue weighted by molar-refractivity contribution is 5.96. The number of amides is 4. The molecular weight excluding hydrogens is 458 g/mol. The van der Waals surface area contributed by atoms with Gasteiger partial charge in [0.1, 0.15) is 18.1 Å². The zero-order valence-corrected chi connectivity index (χ0v) is 18.8. The van der Waals surface area contributed by atoms with Gasteiger partial charge in [0, 0.05) is 6.42 Å². The van der Waals surface area contributed by atoms with Crippen molar-refractivity contribution in [2.24, 2.45) is 17.4 Å². The van der Waals surface area contributed by atoms with Crippen molar-refractivity contribution in [3.8, 4) is 0 Å². The molecule has 0 aliphatic rings. The van der Waals surface area contributed by atoms with Crippen LogP contribution >= 0.6 is 0 Å². The largest absolute Gasteiger partial charge is 0.481 e. The molecule has 0 aliphatic heterocycles. The van der Waals surface area contributed by atoms with Gasteiger partial charge in [-0.15, -0.1) is 0 Å². The molecule has 0 aromatic heterocycles. The summed E-state index contributed by atoms with van der Waals surface area (Å²) >= 11 is 0. The van der Waals surface area contributed by atoms with E-state index < -0.39 is 78.5 Å². The van der Waals surface area contributed by atoms with Crippen molar-refractivity contribution in [3.63, 3.8) is 0 Å². The molecule has 4 amide bonds. The normalized spacial score (nSPS) is 14.2. The number of primary amides is 1. The third-order valence-corrected chi connectivity index (χ3v) is 4.38. The van der Waals surface area contributed by atoms with Crippen LogP contribution in [0, 0.1) is 5.92 Å². The smallest absolute Gasteiger partial charge is 0.326 e. The van der Waals surface area contributed by atoms with Gasteiger partial charge in [-0.2, -0.15) is 0 Å². The van der Waals surface area contributed by atoms with Gasteiger partial charge in [0.2, 0.25) is 23.6 Å². The van der Waals surface area contributed by atoms with Gasteiger partial charge >= 0.3 is 17.9 Å². The number of hydrogen-bond donors (Lipinski definition) is 8. The summed E-state index contributed by atoms with van der Waals surface area (Å²) in [7, 11) is 0. The fourth-order valence-electron chi connectivity index (χ4n) is 2.74. The lowest BCUT2D eigenvalue weighted by Crippen LogP contribution is -2.57. The average molecular weight is 489 g/mol. The number of aliphatic carboxylic acids is 3. The van der Waals surface area contributed by atoms with Crippen LogP contribution in [0.25, 0.3) is 0 Å². The van der Waals surface area contributed by atoms with E-state index in [-0.39, 0.29) is 25.2 Å². The van der Waals surface area contributed by atoms with E-state index in [2.05, 4.69) is 10.6 Å². The molecule has 0 saturated heterocycles. The van der Waals surface area contributed by atoms with Crippen LogP contribution < -0.4 is 27.4 Å². The zero-order valence-electron chi connectivity index (χ0n) is 18.8. The number of carbonyl (C=O) groups is 7. The van der Waals surface area contributed by atoms with Crippen molar-refractivity contribution in [2.45, 2.75) is 70.1 Å². The number of rotatable bonds is 16. The van der Waals surface area contributed by atoms with Crippen LogP contribution in [0.5, 0.6) is 0 Å². The summed E-state index contributed by atoms with van der Waals surface area (Å²) in [5.41, 5.74) is 10.5. The summed E-state index contributed by atoms with van der Waals surface area (Å²) < 4.78 is 0. The summed E-state index contributed by atoms with van der Waals surface area (Å²) in [4.78, 5) is 81.6. The van der Waals surface area contributed by atoms with E-state index in [1.54, 1.807) is 13.8 Å². The predicted molar refractivity (Wildman–Crippen MR) is 114 cm³/mol. The number of hydrogen-bond acceptors (Lipinski definition) is 8. The van der Waals surface area contributed by atoms with Crippen LogP contribution in [-0.4, -0.2) is 81.0 Å². The topological polar surface area (TPSA) is 268 Å². The molecule has 15 heteroatoms. The first-order valence-corrected chi connectivity index (χ1v) is 10.2. The highest BCUT2D eigenvalue weighted by atomic mass is 16.4. The highest BCUT2D eigenvalue weighted by Gasteiger charge is 2.32. The van der Waals surface area contributed by atoms with E-state index in [0.29, 0.717) is 0 Å². The van der Waals surface area contributed by atoms with Gasteiger partial charge in [-0.25, -0.2) is 4.79 Å². The van der Waals surface area contributed by atoms with E-state index >= 15 is 0 Å². The molecule has 4 atom stereocenters. The number of carboxylic acid groups (broad SMARTS) is 3. The second-order valence-electron chi connectivity index (χ2n) is 7.96. The zero-order chi connectivity index (χ0) is 26.6. The van der Waals surface area contributed by atoms with Crippen molar-refractivity contribution in [1.29, 1.82) is 0 Å². The fourth-order valence-corrected chi connectivity index (χ4v) is 2.74. The van der Waals surface area contributed by atoms with Gasteiger partial charge in [0.15, 0.2) is 0 Å². The van der Waals surface area contributed by atoms with Crippen LogP contribution in [0.1, 0.15) is 46.0 Å². The molecule has 0 aliphatic carbocycles. The number of carboxylic acids is 3. The standard InChI is InChI=1S/C19H31N5O10/c1-8(2)5-11(23-16(30)9(20)6-14(26)27)17(31)24-12(7-15(28)29)18(32)22-10(19(33)34)3-4-13(21)25/h8-12H,3-7,20H2,1-2H3,(H2,21,25)(H,22,32)(H,23,30)(H,24,31)(H,26,27)(H,28,29)(H,33,34). The average Bonchev–Trinajstić information content (AvgIpc) is 2.68. The maximum Gasteiger partial charge on any atom is 0.326 e. The second-order valence-corrected chi connectivity index (χ2v) is 7.96. The molecule has 0 aromatic carbocycles. The third kappa shape index (κ3) is 12.3. The van der Waals surface area contributed by atoms with Crippen molar-refractivity contribution < 1.29 is 48.9 Å². The van der Waals surface area contributed by atoms with Crippen LogP contribution in [0.2, 0.25) is 0 Å². The van der Waals surface area contributed by atoms with Gasteiger partial charge in [-0.3, -0.25) is 28.8 Å². The van der Waals surface area contributed by atoms with Gasteiger partial charge in [0.05, 0.1) is 18.9 Å². The minimum Gasteiger partial charge on any atom is -0.481 e. The molecule has 0 bridgehead atoms. The van der Waals surface area contributed by atoms with E-state index in [1.807, 2.05) is 5.32 Å². The summed E-state index contributed by atoms with van der Waals surface area (Å²) in [6.07, 6.45) is -2.31. The van der Waals surface area contributed by atoms with Crippen molar-refractivity contribution in [3.05, 3.63) is 0 Å². The first-order valence-electron chi connectivity index (χ1n) is 10.2. The molecule has 0 rings (SSSR count). The monoisotopic (exact) mass is 489 g/mol. The minimum absolute atomic E-state index is 0.0368. The van der Waals surface area contributed by atoms with Crippen LogP contribution in [-0.2, 0) is 33.6 Å². The summed E-state index contributed by atoms with van der Waals surface area (Å²) in [5.74, 6) is -8.37. The molecule has 0 saturated carbocycles. The Hall–Kier alpha value is -3.75. The predicted octanol–water partition coefficient (Wildman–Crippen LogP) is -2.89. The molecule has 10 N–H and O–H groups in total. The van der Waals surface area contributed by atoms with E-state index in [9.17, 15) is 38.7 Å². The van der Waals surface area contributed by atoms with E-state index in [0.717, 1.165) is 0 Å². The molecule has 15 nitrogen and oxygen atoms in total. The Bertz CT molecular complexity index is 800. The number of nitrogens with one attached hydrogen (secondary N) is 3. The molecule has 0 heterocycles. The molecule has 4 unspecified atom stereocenters. The van der Waals surface area contributed by atoms with Crippen LogP contribution in [0.3, 0.4) is 0 Å². The van der Waals surface area contributed by atoms with Gasteiger partial charge < -0.3 is 42.7 Å². The maximum atomic E-state index is 12.8.